The Morgan fingerprint density at radius 2 is 2.05 bits per heavy atom. The lowest BCUT2D eigenvalue weighted by Gasteiger charge is -2.16. The van der Waals surface area contributed by atoms with Gasteiger partial charge in [0.25, 0.3) is 5.56 Å². The van der Waals surface area contributed by atoms with Crippen LogP contribution >= 0.6 is 12.2 Å². The minimum Gasteiger partial charge on any atom is -0.502 e. The molecule has 0 bridgehead atoms. The molecule has 0 saturated carbocycles. The summed E-state index contributed by atoms with van der Waals surface area (Å²) in [6, 6.07) is 1.06. The second-order valence-corrected chi connectivity index (χ2v) is 4.14. The first kappa shape index (κ1) is 16.2. The highest BCUT2D eigenvalue weighted by Gasteiger charge is 2.46. The standard InChI is InChI=1S/C10H10N2O6S.H2O/c13-4(3-19)8-6(15)7(16)9(18-8)12-2-1-5(14)11-10(12)17;/h1-2,6-9,13,15-16H,(H,11,14,17);1H2/t6-,7+,8+,9+;/m0./s1. The largest absolute Gasteiger partial charge is 0.502 e. The Hall–Kier alpha value is -1.81. The van der Waals surface area contributed by atoms with Crippen molar-refractivity contribution in [3.63, 3.8) is 0 Å². The summed E-state index contributed by atoms with van der Waals surface area (Å²) in [5.41, 5.74) is -1.41. The molecule has 0 radical (unpaired) electrons. The maximum Gasteiger partial charge on any atom is 0.330 e. The first-order valence-corrected chi connectivity index (χ1v) is 5.63. The molecule has 0 aromatic carbocycles. The van der Waals surface area contributed by atoms with Crippen molar-refractivity contribution in [2.24, 2.45) is 0 Å². The number of rotatable bonds is 2. The third-order valence-corrected chi connectivity index (χ3v) is 2.95. The van der Waals surface area contributed by atoms with Crippen molar-refractivity contribution in [2.75, 3.05) is 0 Å². The summed E-state index contributed by atoms with van der Waals surface area (Å²) in [4.78, 5) is 24.5. The second kappa shape index (κ2) is 6.09. The van der Waals surface area contributed by atoms with Gasteiger partial charge in [-0.1, -0.05) is 0 Å². The Morgan fingerprint density at radius 1 is 1.40 bits per heavy atom. The maximum absolute atomic E-state index is 11.6. The van der Waals surface area contributed by atoms with E-state index in [0.29, 0.717) is 0 Å². The van der Waals surface area contributed by atoms with Gasteiger partial charge in [-0.05, 0) is 17.2 Å². The Kier molecular flexibility index (Phi) is 4.95. The molecular weight excluding hydrogens is 292 g/mol. The minimum atomic E-state index is -1.47. The number of aliphatic hydroxyl groups is 3. The lowest BCUT2D eigenvalue weighted by Crippen LogP contribution is -2.37. The molecule has 9 nitrogen and oxygen atoms in total. The minimum absolute atomic E-state index is 0. The van der Waals surface area contributed by atoms with Crippen molar-refractivity contribution >= 4 is 17.2 Å². The zero-order valence-corrected chi connectivity index (χ0v) is 10.7. The average Bonchev–Trinajstić information content (AvgIpc) is 2.66. The van der Waals surface area contributed by atoms with E-state index >= 15 is 0 Å². The molecule has 1 aliphatic rings. The summed E-state index contributed by atoms with van der Waals surface area (Å²) >= 11 is 4.38. The third-order valence-electron chi connectivity index (χ3n) is 2.74. The van der Waals surface area contributed by atoms with Gasteiger partial charge < -0.3 is 25.5 Å². The Bertz CT molecular complexity index is 647. The number of aromatic nitrogens is 2. The lowest BCUT2D eigenvalue weighted by molar-refractivity contribution is -0.0381. The number of aliphatic hydroxyl groups excluding tert-OH is 3. The molecule has 20 heavy (non-hydrogen) atoms. The number of thiocarbonyl (C=S) groups is 1. The van der Waals surface area contributed by atoms with Crippen LogP contribution in [0.5, 0.6) is 0 Å². The monoisotopic (exact) mass is 304 g/mol. The van der Waals surface area contributed by atoms with E-state index in [-0.39, 0.29) is 5.48 Å². The molecule has 1 fully saturated rings. The number of ether oxygens (including phenoxy) is 1. The van der Waals surface area contributed by atoms with Crippen molar-refractivity contribution in [3.8, 4) is 0 Å². The average molecular weight is 304 g/mol. The van der Waals surface area contributed by atoms with Crippen LogP contribution in [0, 0.1) is 0 Å². The molecule has 1 saturated heterocycles. The van der Waals surface area contributed by atoms with Gasteiger partial charge >= 0.3 is 5.69 Å². The van der Waals surface area contributed by atoms with Gasteiger partial charge in [-0.2, -0.15) is 0 Å². The first-order chi connectivity index (χ1) is 8.95. The van der Waals surface area contributed by atoms with Crippen LogP contribution in [-0.2, 0) is 4.74 Å². The van der Waals surface area contributed by atoms with Gasteiger partial charge in [-0.3, -0.25) is 14.3 Å². The SMILES string of the molecule is O.O=c1ccn([C@@H]2O[C@H](C(O)=C=S)[C@@H](O)[C@H]2O)c(=O)[nH]1. The van der Waals surface area contributed by atoms with Crippen LogP contribution in [0.15, 0.2) is 27.6 Å². The van der Waals surface area contributed by atoms with Crippen LogP contribution in [0.25, 0.3) is 0 Å². The molecule has 0 spiro atoms. The van der Waals surface area contributed by atoms with Crippen molar-refractivity contribution in [1.82, 2.24) is 9.55 Å². The zero-order chi connectivity index (χ0) is 14.2. The number of hydrogen-bond donors (Lipinski definition) is 4. The summed E-state index contributed by atoms with van der Waals surface area (Å²) in [5.74, 6) is -0.554. The molecule has 10 heteroatoms. The fourth-order valence-corrected chi connectivity index (χ4v) is 1.92. The zero-order valence-electron chi connectivity index (χ0n) is 9.89. The summed E-state index contributed by atoms with van der Waals surface area (Å²) in [7, 11) is 0. The Labute approximate surface area is 116 Å². The fourth-order valence-electron chi connectivity index (χ4n) is 1.80. The quantitative estimate of drug-likeness (QED) is 0.344. The predicted octanol–water partition coefficient (Wildman–Crippen LogP) is -2.63. The predicted molar refractivity (Wildman–Crippen MR) is 69.6 cm³/mol. The molecule has 0 unspecified atom stereocenters. The highest BCUT2D eigenvalue weighted by molar-refractivity contribution is 7.78. The van der Waals surface area contributed by atoms with Crippen molar-refractivity contribution in [2.45, 2.75) is 24.5 Å². The number of H-pyrrole nitrogens is 1. The highest BCUT2D eigenvalue weighted by atomic mass is 32.1. The second-order valence-electron chi connectivity index (χ2n) is 3.93. The molecule has 0 amide bonds. The summed E-state index contributed by atoms with van der Waals surface area (Å²) in [5, 5.41) is 30.9. The van der Waals surface area contributed by atoms with Crippen LogP contribution in [0.4, 0.5) is 0 Å². The molecule has 2 rings (SSSR count). The molecule has 1 aliphatic heterocycles. The van der Waals surface area contributed by atoms with Gasteiger partial charge in [0.05, 0.1) is 0 Å². The fraction of sp³-hybridized carbons (Fsp3) is 0.400. The maximum atomic E-state index is 11.6. The number of nitrogens with zero attached hydrogens (tertiary/aromatic N) is 1. The molecule has 110 valence electrons. The molecule has 2 heterocycles. The summed E-state index contributed by atoms with van der Waals surface area (Å²) in [6.07, 6.45) is -4.37. The van der Waals surface area contributed by atoms with Crippen LogP contribution in [0.2, 0.25) is 0 Å². The van der Waals surface area contributed by atoms with E-state index in [0.717, 1.165) is 16.8 Å². The van der Waals surface area contributed by atoms with Gasteiger partial charge in [0, 0.05) is 12.3 Å². The van der Waals surface area contributed by atoms with E-state index in [9.17, 15) is 24.9 Å². The summed E-state index contributed by atoms with van der Waals surface area (Å²) < 4.78 is 6.06. The Balaban J connectivity index is 0.00000200. The molecule has 1 aromatic rings. The molecular formula is C10H12N2O7S. The molecule has 1 aromatic heterocycles. The molecule has 6 N–H and O–H groups in total. The normalized spacial score (nSPS) is 28.5. The van der Waals surface area contributed by atoms with E-state index < -0.39 is 41.5 Å². The van der Waals surface area contributed by atoms with E-state index in [1.165, 1.54) is 0 Å². The number of aromatic amines is 1. The van der Waals surface area contributed by atoms with E-state index in [4.69, 9.17) is 4.74 Å². The van der Waals surface area contributed by atoms with Gasteiger partial charge in [-0.15, -0.1) is 0 Å². The smallest absolute Gasteiger partial charge is 0.330 e. The molecule has 4 atom stereocenters. The van der Waals surface area contributed by atoms with E-state index in [2.05, 4.69) is 12.2 Å². The number of nitrogens with one attached hydrogen (secondary N) is 1. The third kappa shape index (κ3) is 2.70. The van der Waals surface area contributed by atoms with Crippen LogP contribution < -0.4 is 11.2 Å². The summed E-state index contributed by atoms with van der Waals surface area (Å²) in [6.45, 7) is 0. The van der Waals surface area contributed by atoms with Gasteiger partial charge in [-0.25, -0.2) is 4.79 Å². The van der Waals surface area contributed by atoms with Gasteiger partial charge in [0.2, 0.25) is 0 Å². The van der Waals surface area contributed by atoms with Crippen LogP contribution in [0.1, 0.15) is 6.23 Å². The number of hydrogen-bond acceptors (Lipinski definition) is 7. The lowest BCUT2D eigenvalue weighted by atomic mass is 10.1. The van der Waals surface area contributed by atoms with Crippen LogP contribution in [-0.4, -0.2) is 53.7 Å². The first-order valence-electron chi connectivity index (χ1n) is 5.22. The van der Waals surface area contributed by atoms with Gasteiger partial charge in [0.1, 0.15) is 12.2 Å². The Morgan fingerprint density at radius 3 is 2.60 bits per heavy atom. The van der Waals surface area contributed by atoms with Crippen molar-refractivity contribution in [3.05, 3.63) is 38.9 Å². The topological polar surface area (TPSA) is 156 Å². The van der Waals surface area contributed by atoms with Gasteiger partial charge in [0.15, 0.2) is 18.1 Å². The van der Waals surface area contributed by atoms with E-state index in [1.54, 1.807) is 0 Å². The van der Waals surface area contributed by atoms with Crippen molar-refractivity contribution in [1.29, 1.82) is 0 Å². The van der Waals surface area contributed by atoms with E-state index in [1.807, 2.05) is 10.0 Å². The van der Waals surface area contributed by atoms with Crippen molar-refractivity contribution < 1.29 is 25.5 Å². The highest BCUT2D eigenvalue weighted by Crippen LogP contribution is 2.30. The molecule has 0 aliphatic carbocycles. The van der Waals surface area contributed by atoms with Crippen LogP contribution in [0.3, 0.4) is 0 Å².